The monoisotopic (exact) mass is 343 g/mol. The highest BCUT2D eigenvalue weighted by Gasteiger charge is 2.55. The Morgan fingerprint density at radius 3 is 2.17 bits per heavy atom. The molecule has 8 heteroatoms. The first kappa shape index (κ1) is 14.7. The van der Waals surface area contributed by atoms with Crippen molar-refractivity contribution in [2.75, 3.05) is 14.1 Å². The fraction of sp³-hybridized carbons (Fsp3) is 0.125. The third-order valence-electron chi connectivity index (χ3n) is 4.50. The summed E-state index contributed by atoms with van der Waals surface area (Å²) in [5.41, 5.74) is 0.728. The van der Waals surface area contributed by atoms with E-state index in [0.29, 0.717) is 10.5 Å². The van der Waals surface area contributed by atoms with E-state index in [1.807, 2.05) is 12.1 Å². The molecule has 2 aromatic rings. The highest BCUT2D eigenvalue weighted by Crippen LogP contribution is 2.74. The summed E-state index contributed by atoms with van der Waals surface area (Å²) < 4.78 is 3.17. The molecule has 2 heterocycles. The topological polar surface area (TPSA) is 83.8 Å². The molecule has 2 amide bonds. The molecular weight excluding hydrogens is 330 g/mol. The van der Waals surface area contributed by atoms with Gasteiger partial charge < -0.3 is 0 Å². The molecule has 1 atom stereocenters. The van der Waals surface area contributed by atoms with E-state index in [2.05, 4.69) is 0 Å². The first-order valence-corrected chi connectivity index (χ1v) is 8.72. The Kier molecular flexibility index (Phi) is 2.80. The van der Waals surface area contributed by atoms with E-state index in [-0.39, 0.29) is 23.1 Å². The SMILES string of the molecule is CN1C(=O)c2ccccc2S12c1ccc([N+](=O)[O-])cc1C(=O)N2C. The molecule has 122 valence electrons. The van der Waals surface area contributed by atoms with Crippen molar-refractivity contribution in [2.24, 2.45) is 0 Å². The Bertz CT molecular complexity index is 945. The van der Waals surface area contributed by atoms with E-state index in [1.54, 1.807) is 40.9 Å². The zero-order valence-corrected chi connectivity index (χ0v) is 13.7. The van der Waals surface area contributed by atoms with Gasteiger partial charge in [0.1, 0.15) is 0 Å². The number of hydrogen-bond donors (Lipinski definition) is 0. The third kappa shape index (κ3) is 1.48. The third-order valence-corrected chi connectivity index (χ3v) is 8.36. The molecule has 0 saturated heterocycles. The number of non-ortho nitro benzene ring substituents is 1. The van der Waals surface area contributed by atoms with Crippen LogP contribution in [0.5, 0.6) is 0 Å². The molecule has 0 bridgehead atoms. The summed E-state index contributed by atoms with van der Waals surface area (Å²) in [5, 5.41) is 11.0. The molecule has 7 nitrogen and oxygen atoms in total. The Hall–Kier alpha value is -2.87. The normalized spacial score (nSPS) is 24.1. The van der Waals surface area contributed by atoms with Crippen LogP contribution in [0.25, 0.3) is 0 Å². The van der Waals surface area contributed by atoms with Crippen LogP contribution in [-0.4, -0.2) is 39.4 Å². The fourth-order valence-electron chi connectivity index (χ4n) is 3.41. The summed E-state index contributed by atoms with van der Waals surface area (Å²) in [5.74, 6) is -0.452. The Morgan fingerprint density at radius 2 is 1.50 bits per heavy atom. The quantitative estimate of drug-likeness (QED) is 0.589. The van der Waals surface area contributed by atoms with Crippen LogP contribution in [0, 0.1) is 10.1 Å². The molecule has 0 fully saturated rings. The van der Waals surface area contributed by atoms with Crippen molar-refractivity contribution < 1.29 is 14.5 Å². The number of fused-ring (bicyclic) bond motifs is 4. The van der Waals surface area contributed by atoms with Crippen molar-refractivity contribution in [1.29, 1.82) is 0 Å². The van der Waals surface area contributed by atoms with Gasteiger partial charge in [0.15, 0.2) is 0 Å². The van der Waals surface area contributed by atoms with Crippen LogP contribution in [0.4, 0.5) is 5.69 Å². The minimum atomic E-state index is -2.20. The Balaban J connectivity index is 2.07. The summed E-state index contributed by atoms with van der Waals surface area (Å²) in [4.78, 5) is 37.5. The summed E-state index contributed by atoms with van der Waals surface area (Å²) in [7, 11) is 1.13. The average Bonchev–Trinajstić information content (AvgIpc) is 2.95. The van der Waals surface area contributed by atoms with E-state index in [4.69, 9.17) is 0 Å². The molecule has 2 aliphatic heterocycles. The van der Waals surface area contributed by atoms with E-state index >= 15 is 0 Å². The predicted molar refractivity (Wildman–Crippen MR) is 87.8 cm³/mol. The molecule has 0 aliphatic carbocycles. The van der Waals surface area contributed by atoms with Gasteiger partial charge in [0.25, 0.3) is 17.5 Å². The summed E-state index contributed by atoms with van der Waals surface area (Å²) in [6, 6.07) is 11.5. The lowest BCUT2D eigenvalue weighted by molar-refractivity contribution is -0.384. The highest BCUT2D eigenvalue weighted by molar-refractivity contribution is 8.31. The average molecular weight is 343 g/mol. The first-order chi connectivity index (χ1) is 11.4. The van der Waals surface area contributed by atoms with Gasteiger partial charge in [-0.05, 0) is 28.6 Å². The lowest BCUT2D eigenvalue weighted by Gasteiger charge is -2.44. The van der Waals surface area contributed by atoms with Crippen LogP contribution >= 0.6 is 10.4 Å². The molecule has 0 radical (unpaired) electrons. The van der Waals surface area contributed by atoms with Gasteiger partial charge in [-0.2, -0.15) is 0 Å². The zero-order valence-electron chi connectivity index (χ0n) is 12.9. The van der Waals surface area contributed by atoms with Crippen molar-refractivity contribution in [2.45, 2.75) is 9.79 Å². The molecule has 4 rings (SSSR count). The van der Waals surface area contributed by atoms with Crippen molar-refractivity contribution >= 4 is 27.9 Å². The van der Waals surface area contributed by atoms with E-state index in [1.165, 1.54) is 12.1 Å². The maximum Gasteiger partial charge on any atom is 0.270 e. The molecule has 24 heavy (non-hydrogen) atoms. The second kappa shape index (κ2) is 4.57. The van der Waals surface area contributed by atoms with Gasteiger partial charge >= 0.3 is 0 Å². The Morgan fingerprint density at radius 1 is 0.917 bits per heavy atom. The maximum atomic E-state index is 12.8. The van der Waals surface area contributed by atoms with Crippen molar-refractivity contribution in [1.82, 2.24) is 8.61 Å². The summed E-state index contributed by atoms with van der Waals surface area (Å²) >= 11 is 0. The molecule has 1 spiro atoms. The van der Waals surface area contributed by atoms with E-state index in [9.17, 15) is 19.7 Å². The van der Waals surface area contributed by atoms with Crippen LogP contribution in [0.2, 0.25) is 0 Å². The summed E-state index contributed by atoms with van der Waals surface area (Å²) in [6.45, 7) is 0. The highest BCUT2D eigenvalue weighted by atomic mass is 32.3. The second-order valence-corrected chi connectivity index (χ2v) is 8.66. The standard InChI is InChI=1S/C16H13N3O4S/c1-17-15(20)11-5-3-4-6-13(11)24(17)14-8-7-10(19(22)23)9-12(14)16(21)18(24)2/h3-9H,1-2H3. The number of hydrogen-bond acceptors (Lipinski definition) is 4. The number of nitrogens with zero attached hydrogens (tertiary/aromatic N) is 3. The molecule has 0 N–H and O–H groups in total. The predicted octanol–water partition coefficient (Wildman–Crippen LogP) is 2.82. The molecule has 0 aromatic heterocycles. The molecular formula is C16H13N3O4S. The van der Waals surface area contributed by atoms with Gasteiger partial charge in [-0.1, -0.05) is 12.1 Å². The maximum absolute atomic E-state index is 12.8. The van der Waals surface area contributed by atoms with Crippen LogP contribution in [0.1, 0.15) is 20.7 Å². The van der Waals surface area contributed by atoms with E-state index < -0.39 is 15.3 Å². The number of carbonyl (C=O) groups is 2. The van der Waals surface area contributed by atoms with Gasteiger partial charge in [-0.15, -0.1) is 0 Å². The minimum absolute atomic E-state index is 0.132. The lowest BCUT2D eigenvalue weighted by atomic mass is 10.2. The van der Waals surface area contributed by atoms with Gasteiger partial charge in [-0.3, -0.25) is 28.3 Å². The van der Waals surface area contributed by atoms with Crippen LogP contribution in [0.15, 0.2) is 52.3 Å². The van der Waals surface area contributed by atoms with Gasteiger partial charge in [0, 0.05) is 36.0 Å². The van der Waals surface area contributed by atoms with Gasteiger partial charge in [-0.25, -0.2) is 0 Å². The number of carbonyl (C=O) groups excluding carboxylic acids is 2. The number of rotatable bonds is 1. The zero-order chi connectivity index (χ0) is 17.2. The van der Waals surface area contributed by atoms with Crippen molar-refractivity contribution in [3.8, 4) is 0 Å². The largest absolute Gasteiger partial charge is 0.280 e. The minimum Gasteiger partial charge on any atom is -0.280 e. The first-order valence-electron chi connectivity index (χ1n) is 7.18. The van der Waals surface area contributed by atoms with Crippen LogP contribution < -0.4 is 0 Å². The van der Waals surface area contributed by atoms with Crippen LogP contribution in [0.3, 0.4) is 0 Å². The van der Waals surface area contributed by atoms with Gasteiger partial charge in [0.05, 0.1) is 16.1 Å². The molecule has 0 saturated carbocycles. The smallest absolute Gasteiger partial charge is 0.270 e. The Labute approximate surface area is 139 Å². The number of amides is 2. The lowest BCUT2D eigenvalue weighted by Crippen LogP contribution is -2.33. The molecule has 2 aliphatic rings. The van der Waals surface area contributed by atoms with Crippen molar-refractivity contribution in [3.05, 3.63) is 63.7 Å². The molecule has 1 unspecified atom stereocenters. The molecule has 2 aromatic carbocycles. The second-order valence-electron chi connectivity index (χ2n) is 5.59. The number of benzene rings is 2. The van der Waals surface area contributed by atoms with E-state index in [0.717, 1.165) is 4.90 Å². The fourth-order valence-corrected chi connectivity index (χ4v) is 7.31. The van der Waals surface area contributed by atoms with Gasteiger partial charge in [0.2, 0.25) is 0 Å². The number of nitro benzene ring substituents is 1. The summed E-state index contributed by atoms with van der Waals surface area (Å²) in [6.07, 6.45) is 0. The number of nitro groups is 1. The van der Waals surface area contributed by atoms with Crippen molar-refractivity contribution in [3.63, 3.8) is 0 Å². The van der Waals surface area contributed by atoms with Crippen LogP contribution in [-0.2, 0) is 0 Å².